The molecule has 2 N–H and O–H groups in total. The molecule has 0 saturated heterocycles. The molecule has 5 nitrogen and oxygen atoms in total. The van der Waals surface area contributed by atoms with E-state index >= 15 is 0 Å². The molecule has 19 heavy (non-hydrogen) atoms. The highest BCUT2D eigenvalue weighted by Gasteiger charge is 2.31. The molecule has 1 saturated carbocycles. The molecule has 1 aliphatic rings. The molecule has 1 fully saturated rings. The minimum atomic E-state index is -0.485. The van der Waals surface area contributed by atoms with E-state index < -0.39 is 6.10 Å². The van der Waals surface area contributed by atoms with E-state index in [-0.39, 0.29) is 17.9 Å². The van der Waals surface area contributed by atoms with Gasteiger partial charge in [0.25, 0.3) is 0 Å². The lowest BCUT2D eigenvalue weighted by Crippen LogP contribution is -2.39. The molecule has 0 radical (unpaired) electrons. The van der Waals surface area contributed by atoms with E-state index in [1.54, 1.807) is 6.26 Å². The van der Waals surface area contributed by atoms with Crippen LogP contribution in [-0.2, 0) is 4.79 Å². The van der Waals surface area contributed by atoms with Crippen LogP contribution in [0.2, 0.25) is 0 Å². The minimum absolute atomic E-state index is 0.0116. The Hall–Kier alpha value is -1.33. The van der Waals surface area contributed by atoms with Gasteiger partial charge in [0.2, 0.25) is 5.91 Å². The van der Waals surface area contributed by atoms with E-state index in [0.717, 1.165) is 25.0 Å². The number of nitrogens with one attached hydrogen (secondary N) is 1. The van der Waals surface area contributed by atoms with Gasteiger partial charge < -0.3 is 14.8 Å². The second-order valence-electron chi connectivity index (χ2n) is 5.34. The Labute approximate surface area is 113 Å². The average molecular weight is 266 g/mol. The number of hydrogen-bond acceptors (Lipinski definition) is 4. The van der Waals surface area contributed by atoms with Crippen LogP contribution in [0.4, 0.5) is 0 Å². The maximum Gasteiger partial charge on any atom is 0.225 e. The fourth-order valence-corrected chi connectivity index (χ4v) is 2.59. The smallest absolute Gasteiger partial charge is 0.225 e. The van der Waals surface area contributed by atoms with Crippen molar-refractivity contribution in [3.05, 3.63) is 24.2 Å². The molecule has 106 valence electrons. The number of furan rings is 1. The van der Waals surface area contributed by atoms with Gasteiger partial charge >= 0.3 is 0 Å². The molecule has 1 amide bonds. The third-order valence-corrected chi connectivity index (χ3v) is 3.78. The van der Waals surface area contributed by atoms with Gasteiger partial charge in [0.05, 0.1) is 24.3 Å². The summed E-state index contributed by atoms with van der Waals surface area (Å²) < 4.78 is 5.39. The first-order valence-electron chi connectivity index (χ1n) is 6.75. The summed E-state index contributed by atoms with van der Waals surface area (Å²) in [5, 5.41) is 12.7. The normalized spacial score (nSPS) is 24.6. The molecule has 1 heterocycles. The van der Waals surface area contributed by atoms with Crippen LogP contribution in [-0.4, -0.2) is 42.7 Å². The van der Waals surface area contributed by atoms with Gasteiger partial charge in [-0.15, -0.1) is 0 Å². The Kier molecular flexibility index (Phi) is 4.61. The van der Waals surface area contributed by atoms with Crippen LogP contribution in [0.3, 0.4) is 0 Å². The second kappa shape index (κ2) is 6.21. The molecule has 3 atom stereocenters. The van der Waals surface area contributed by atoms with E-state index in [9.17, 15) is 9.90 Å². The molecule has 1 aliphatic carbocycles. The second-order valence-corrected chi connectivity index (χ2v) is 5.34. The maximum absolute atomic E-state index is 12.0. The fourth-order valence-electron chi connectivity index (χ4n) is 2.59. The molecule has 0 bridgehead atoms. The molecule has 1 aromatic rings. The van der Waals surface area contributed by atoms with E-state index in [2.05, 4.69) is 5.32 Å². The van der Waals surface area contributed by atoms with E-state index in [4.69, 9.17) is 4.42 Å². The fraction of sp³-hybridized carbons (Fsp3) is 0.643. The molecule has 0 aromatic carbocycles. The number of nitrogens with zero attached hydrogens (tertiary/aromatic N) is 1. The van der Waals surface area contributed by atoms with E-state index in [0.29, 0.717) is 6.54 Å². The Morgan fingerprint density at radius 3 is 2.89 bits per heavy atom. The number of aliphatic hydroxyl groups excluding tert-OH is 1. The molecule has 1 aromatic heterocycles. The highest BCUT2D eigenvalue weighted by Crippen LogP contribution is 2.26. The van der Waals surface area contributed by atoms with Gasteiger partial charge in [-0.2, -0.15) is 0 Å². The molecular formula is C14H22N2O3. The average Bonchev–Trinajstić information content (AvgIpc) is 3.00. The van der Waals surface area contributed by atoms with Crippen LogP contribution >= 0.6 is 0 Å². The molecule has 2 rings (SSSR count). The summed E-state index contributed by atoms with van der Waals surface area (Å²) in [4.78, 5) is 14.0. The molecule has 3 unspecified atom stereocenters. The van der Waals surface area contributed by atoms with Crippen molar-refractivity contribution in [2.75, 3.05) is 20.6 Å². The van der Waals surface area contributed by atoms with Gasteiger partial charge in [0.1, 0.15) is 5.76 Å². The van der Waals surface area contributed by atoms with Gasteiger partial charge in [-0.3, -0.25) is 9.69 Å². The lowest BCUT2D eigenvalue weighted by Gasteiger charge is -2.24. The number of likely N-dealkylation sites (N-methyl/N-ethyl adjacent to an activating group) is 1. The van der Waals surface area contributed by atoms with Crippen LogP contribution in [0.1, 0.15) is 31.1 Å². The number of amides is 1. The highest BCUT2D eigenvalue weighted by atomic mass is 16.3. The number of carbonyl (C=O) groups is 1. The van der Waals surface area contributed by atoms with E-state index in [1.165, 1.54) is 0 Å². The van der Waals surface area contributed by atoms with Crippen molar-refractivity contribution in [3.8, 4) is 0 Å². The Morgan fingerprint density at radius 1 is 1.58 bits per heavy atom. The number of rotatable bonds is 5. The largest absolute Gasteiger partial charge is 0.468 e. The molecular weight excluding hydrogens is 244 g/mol. The van der Waals surface area contributed by atoms with Gasteiger partial charge in [-0.05, 0) is 45.5 Å². The number of carbonyl (C=O) groups excluding carboxylic acids is 1. The third-order valence-electron chi connectivity index (χ3n) is 3.78. The van der Waals surface area contributed by atoms with Crippen molar-refractivity contribution in [1.29, 1.82) is 0 Å². The first-order valence-corrected chi connectivity index (χ1v) is 6.75. The third kappa shape index (κ3) is 3.36. The van der Waals surface area contributed by atoms with Crippen molar-refractivity contribution in [2.24, 2.45) is 5.92 Å². The van der Waals surface area contributed by atoms with Crippen molar-refractivity contribution < 1.29 is 14.3 Å². The summed E-state index contributed by atoms with van der Waals surface area (Å²) in [7, 11) is 3.90. The predicted molar refractivity (Wildman–Crippen MR) is 71.5 cm³/mol. The highest BCUT2D eigenvalue weighted by molar-refractivity contribution is 5.79. The summed E-state index contributed by atoms with van der Waals surface area (Å²) in [6, 6.07) is 3.76. The van der Waals surface area contributed by atoms with Crippen molar-refractivity contribution >= 4 is 5.91 Å². The minimum Gasteiger partial charge on any atom is -0.468 e. The predicted octanol–water partition coefficient (Wildman–Crippen LogP) is 1.16. The quantitative estimate of drug-likeness (QED) is 0.839. The van der Waals surface area contributed by atoms with Crippen molar-refractivity contribution in [2.45, 2.75) is 31.4 Å². The topological polar surface area (TPSA) is 65.7 Å². The maximum atomic E-state index is 12.0. The zero-order valence-electron chi connectivity index (χ0n) is 11.5. The lowest BCUT2D eigenvalue weighted by atomic mass is 10.1. The van der Waals surface area contributed by atoms with Gasteiger partial charge in [0.15, 0.2) is 0 Å². The van der Waals surface area contributed by atoms with Crippen LogP contribution < -0.4 is 5.32 Å². The van der Waals surface area contributed by atoms with Crippen LogP contribution in [0.5, 0.6) is 0 Å². The number of aliphatic hydroxyl groups is 1. The summed E-state index contributed by atoms with van der Waals surface area (Å²) in [5.74, 6) is 0.528. The Balaban J connectivity index is 1.90. The zero-order valence-corrected chi connectivity index (χ0v) is 11.5. The zero-order chi connectivity index (χ0) is 13.8. The lowest BCUT2D eigenvalue weighted by molar-refractivity contribution is -0.127. The summed E-state index contributed by atoms with van der Waals surface area (Å²) >= 11 is 0. The first kappa shape index (κ1) is 14.1. The monoisotopic (exact) mass is 266 g/mol. The van der Waals surface area contributed by atoms with E-state index in [1.807, 2.05) is 31.1 Å². The van der Waals surface area contributed by atoms with Crippen molar-refractivity contribution in [3.63, 3.8) is 0 Å². The summed E-state index contributed by atoms with van der Waals surface area (Å²) in [5.41, 5.74) is 0. The summed E-state index contributed by atoms with van der Waals surface area (Å²) in [6.45, 7) is 0.489. The van der Waals surface area contributed by atoms with Gasteiger partial charge in [-0.1, -0.05) is 0 Å². The van der Waals surface area contributed by atoms with Gasteiger partial charge in [0, 0.05) is 6.54 Å². The summed E-state index contributed by atoms with van der Waals surface area (Å²) in [6.07, 6.45) is 3.58. The number of hydrogen-bond donors (Lipinski definition) is 2. The first-order chi connectivity index (χ1) is 9.09. The van der Waals surface area contributed by atoms with Crippen molar-refractivity contribution in [1.82, 2.24) is 10.2 Å². The molecule has 0 spiro atoms. The van der Waals surface area contributed by atoms with Crippen LogP contribution in [0.25, 0.3) is 0 Å². The van der Waals surface area contributed by atoms with Crippen LogP contribution in [0, 0.1) is 5.92 Å². The van der Waals surface area contributed by atoms with Crippen LogP contribution in [0.15, 0.2) is 22.8 Å². The van der Waals surface area contributed by atoms with Gasteiger partial charge in [-0.25, -0.2) is 0 Å². The molecule has 5 heteroatoms. The standard InChI is InChI=1S/C14H22N2O3/c1-16(2)11(13-7-4-8-19-13)9-15-14(18)10-5-3-6-12(10)17/h4,7-8,10-12,17H,3,5-6,9H2,1-2H3,(H,15,18). The Bertz CT molecular complexity index is 403. The Morgan fingerprint density at radius 2 is 2.37 bits per heavy atom. The molecule has 0 aliphatic heterocycles. The SMILES string of the molecule is CN(C)C(CNC(=O)C1CCCC1O)c1ccco1.